The molecule has 164 valence electrons. The normalized spacial score (nSPS) is 16.7. The molecule has 1 aromatic carbocycles. The van der Waals surface area contributed by atoms with Crippen molar-refractivity contribution in [2.45, 2.75) is 22.7 Å². The van der Waals surface area contributed by atoms with Crippen LogP contribution in [0.2, 0.25) is 0 Å². The Morgan fingerprint density at radius 3 is 2.71 bits per heavy atom. The third kappa shape index (κ3) is 6.12. The zero-order chi connectivity index (χ0) is 22.4. The summed E-state index contributed by atoms with van der Waals surface area (Å²) < 4.78 is 46.1. The van der Waals surface area contributed by atoms with Crippen LogP contribution in [0.15, 0.2) is 63.2 Å². The first kappa shape index (κ1) is 22.4. The molecular weight excluding hydrogens is 433 g/mol. The highest BCUT2D eigenvalue weighted by Gasteiger charge is 2.30. The molecule has 12 heteroatoms. The Balaban J connectivity index is 1.83. The van der Waals surface area contributed by atoms with Gasteiger partial charge in [0.1, 0.15) is 24.3 Å². The predicted molar refractivity (Wildman–Crippen MR) is 113 cm³/mol. The molecule has 2 heterocycles. The molecule has 1 unspecified atom stereocenters. The van der Waals surface area contributed by atoms with Gasteiger partial charge in [-0.05, 0) is 42.1 Å². The Bertz CT molecular complexity index is 1010. The minimum Gasteiger partial charge on any atom is -0.453 e. The van der Waals surface area contributed by atoms with Crippen LogP contribution < -0.4 is 21.6 Å². The number of nitrogens with one attached hydrogen (secondary N) is 1. The molecule has 0 spiro atoms. The maximum Gasteiger partial charge on any atom is 0.320 e. The summed E-state index contributed by atoms with van der Waals surface area (Å²) in [5.74, 6) is 5.49. The summed E-state index contributed by atoms with van der Waals surface area (Å²) in [4.78, 5) is 8.54. The minimum absolute atomic E-state index is 0.0722. The van der Waals surface area contributed by atoms with Crippen molar-refractivity contribution in [1.29, 1.82) is 0 Å². The summed E-state index contributed by atoms with van der Waals surface area (Å²) in [5.41, 5.74) is 6.23. The standard InChI is InChI=1S/C19H19F3N6O2S/c20-12-2-4-13(5-3-12)30-15-7-14(31-19(21,22)10-29)9-26-18(15)27-16-6-1-11(8-25-16)17(23)28-24/h1-5,7-9,16,29H,6,10,24H2,(H2,23,28)(H,26,27). The maximum absolute atomic E-state index is 13.6. The number of amidine groups is 1. The minimum atomic E-state index is -3.39. The van der Waals surface area contributed by atoms with Crippen molar-refractivity contribution >= 4 is 29.6 Å². The molecule has 0 aliphatic carbocycles. The first-order valence-electron chi connectivity index (χ1n) is 8.94. The molecule has 6 N–H and O–H groups in total. The van der Waals surface area contributed by atoms with Gasteiger partial charge in [-0.15, -0.1) is 0 Å². The second-order valence-electron chi connectivity index (χ2n) is 6.32. The molecule has 2 aromatic rings. The number of aliphatic imine (C=N–C) groups is 1. The molecule has 1 aromatic heterocycles. The third-order valence-corrected chi connectivity index (χ3v) is 4.90. The van der Waals surface area contributed by atoms with Gasteiger partial charge in [0.2, 0.25) is 0 Å². The molecule has 0 saturated heterocycles. The summed E-state index contributed by atoms with van der Waals surface area (Å²) in [7, 11) is 0. The van der Waals surface area contributed by atoms with Gasteiger partial charge in [-0.25, -0.2) is 9.37 Å². The lowest BCUT2D eigenvalue weighted by molar-refractivity contribution is 0.0362. The number of thioether (sulfide) groups is 1. The molecule has 31 heavy (non-hydrogen) atoms. The van der Waals surface area contributed by atoms with E-state index in [2.05, 4.69) is 20.4 Å². The van der Waals surface area contributed by atoms with Crippen LogP contribution in [0.5, 0.6) is 11.5 Å². The van der Waals surface area contributed by atoms with Crippen molar-refractivity contribution in [2.75, 3.05) is 11.9 Å². The number of aliphatic hydroxyl groups excluding tert-OH is 1. The number of nitrogens with two attached hydrogens (primary N) is 2. The molecule has 8 nitrogen and oxygen atoms in total. The number of benzene rings is 1. The number of hydrazone groups is 1. The average molecular weight is 452 g/mol. The molecule has 3 rings (SSSR count). The zero-order valence-electron chi connectivity index (χ0n) is 16.0. The van der Waals surface area contributed by atoms with Crippen molar-refractivity contribution in [3.05, 3.63) is 54.0 Å². The van der Waals surface area contributed by atoms with Gasteiger partial charge in [0.05, 0.1) is 0 Å². The fraction of sp³-hybridized carbons (Fsp3) is 0.211. The summed E-state index contributed by atoms with van der Waals surface area (Å²) >= 11 is 0.142. The van der Waals surface area contributed by atoms with Gasteiger partial charge in [-0.3, -0.25) is 4.99 Å². The lowest BCUT2D eigenvalue weighted by atomic mass is 10.1. The molecule has 1 atom stereocenters. The van der Waals surface area contributed by atoms with Crippen LogP contribution in [-0.4, -0.2) is 40.2 Å². The molecule has 0 saturated carbocycles. The number of aromatic nitrogens is 1. The first-order valence-corrected chi connectivity index (χ1v) is 9.76. The van der Waals surface area contributed by atoms with Crippen molar-refractivity contribution in [3.8, 4) is 11.5 Å². The van der Waals surface area contributed by atoms with E-state index in [-0.39, 0.29) is 39.8 Å². The summed E-state index contributed by atoms with van der Waals surface area (Å²) in [6.07, 6.45) is 4.50. The number of halogens is 3. The SMILES string of the molecule is N/N=C(\N)C1=CCC(Nc2ncc(SC(F)(F)CO)cc2Oc2ccc(F)cc2)N=C1. The van der Waals surface area contributed by atoms with E-state index in [0.717, 1.165) is 0 Å². The topological polar surface area (TPSA) is 131 Å². The number of anilines is 1. The van der Waals surface area contributed by atoms with Gasteiger partial charge in [0.25, 0.3) is 0 Å². The van der Waals surface area contributed by atoms with Crippen LogP contribution >= 0.6 is 11.8 Å². The Morgan fingerprint density at radius 2 is 2.10 bits per heavy atom. The maximum atomic E-state index is 13.6. The van der Waals surface area contributed by atoms with Crippen LogP contribution in [0.4, 0.5) is 19.0 Å². The molecule has 0 amide bonds. The van der Waals surface area contributed by atoms with Gasteiger partial charge < -0.3 is 26.7 Å². The van der Waals surface area contributed by atoms with Gasteiger partial charge in [0.15, 0.2) is 17.4 Å². The second kappa shape index (κ2) is 9.71. The van der Waals surface area contributed by atoms with Gasteiger partial charge in [-0.2, -0.15) is 13.9 Å². The molecule has 0 bridgehead atoms. The van der Waals surface area contributed by atoms with Crippen LogP contribution in [0.1, 0.15) is 6.42 Å². The Morgan fingerprint density at radius 1 is 1.35 bits per heavy atom. The number of nitrogens with zero attached hydrogens (tertiary/aromatic N) is 3. The molecular formula is C19H19F3N6O2S. The van der Waals surface area contributed by atoms with E-state index in [0.29, 0.717) is 12.0 Å². The number of hydrogen-bond donors (Lipinski definition) is 4. The Labute approximate surface area is 179 Å². The highest BCUT2D eigenvalue weighted by atomic mass is 32.2. The van der Waals surface area contributed by atoms with E-state index in [1.165, 1.54) is 42.7 Å². The molecule has 1 aliphatic rings. The van der Waals surface area contributed by atoms with E-state index in [9.17, 15) is 13.2 Å². The zero-order valence-corrected chi connectivity index (χ0v) is 16.8. The summed E-state index contributed by atoms with van der Waals surface area (Å²) in [6, 6.07) is 6.54. The number of pyridine rings is 1. The Kier molecular flexibility index (Phi) is 7.02. The number of aliphatic hydroxyl groups is 1. The average Bonchev–Trinajstić information content (AvgIpc) is 2.77. The van der Waals surface area contributed by atoms with Crippen molar-refractivity contribution in [3.63, 3.8) is 0 Å². The lowest BCUT2D eigenvalue weighted by Gasteiger charge is -2.20. The lowest BCUT2D eigenvalue weighted by Crippen LogP contribution is -2.25. The number of hydrogen-bond acceptors (Lipinski definition) is 8. The van der Waals surface area contributed by atoms with Crippen molar-refractivity contribution < 1.29 is 23.0 Å². The number of alkyl halides is 2. The van der Waals surface area contributed by atoms with E-state index >= 15 is 0 Å². The van der Waals surface area contributed by atoms with E-state index < -0.39 is 23.8 Å². The van der Waals surface area contributed by atoms with Crippen molar-refractivity contribution in [2.24, 2.45) is 21.7 Å². The van der Waals surface area contributed by atoms with Gasteiger partial charge in [-0.1, -0.05) is 6.08 Å². The predicted octanol–water partition coefficient (Wildman–Crippen LogP) is 3.06. The smallest absolute Gasteiger partial charge is 0.320 e. The quantitative estimate of drug-likeness (QED) is 0.159. The number of ether oxygens (including phenoxy) is 1. The van der Waals surface area contributed by atoms with Crippen molar-refractivity contribution in [1.82, 2.24) is 4.98 Å². The number of rotatable bonds is 8. The highest BCUT2D eigenvalue weighted by molar-refractivity contribution is 8.00. The number of dihydropyridines is 1. The third-order valence-electron chi connectivity index (χ3n) is 4.01. The first-order chi connectivity index (χ1) is 14.8. The molecule has 1 aliphatic heterocycles. The summed E-state index contributed by atoms with van der Waals surface area (Å²) in [5, 5.41) is 11.9. The summed E-state index contributed by atoms with van der Waals surface area (Å²) in [6.45, 7) is -1.33. The molecule has 0 radical (unpaired) electrons. The van der Waals surface area contributed by atoms with E-state index in [4.69, 9.17) is 21.4 Å². The largest absolute Gasteiger partial charge is 0.453 e. The van der Waals surface area contributed by atoms with Crippen LogP contribution in [0, 0.1) is 5.82 Å². The Hall–Kier alpha value is -3.25. The van der Waals surface area contributed by atoms with Crippen LogP contribution in [-0.2, 0) is 0 Å². The fourth-order valence-corrected chi connectivity index (χ4v) is 3.21. The monoisotopic (exact) mass is 452 g/mol. The fourth-order valence-electron chi connectivity index (χ4n) is 2.52. The molecule has 0 fully saturated rings. The van der Waals surface area contributed by atoms with E-state index in [1.807, 2.05) is 0 Å². The van der Waals surface area contributed by atoms with Crippen LogP contribution in [0.3, 0.4) is 0 Å². The van der Waals surface area contributed by atoms with Crippen LogP contribution in [0.25, 0.3) is 0 Å². The van der Waals surface area contributed by atoms with Gasteiger partial charge >= 0.3 is 5.25 Å². The van der Waals surface area contributed by atoms with E-state index in [1.54, 1.807) is 6.08 Å². The van der Waals surface area contributed by atoms with Gasteiger partial charge in [0, 0.05) is 29.3 Å². The highest BCUT2D eigenvalue weighted by Crippen LogP contribution is 2.39. The second-order valence-corrected chi connectivity index (χ2v) is 7.59.